The van der Waals surface area contributed by atoms with Gasteiger partial charge in [-0.15, -0.1) is 0 Å². The molecule has 0 saturated heterocycles. The van der Waals surface area contributed by atoms with Crippen LogP contribution in [0.25, 0.3) is 0 Å². The first-order valence-electron chi connectivity index (χ1n) is 5.77. The fraction of sp³-hybridized carbons (Fsp3) is 0.545. The van der Waals surface area contributed by atoms with E-state index in [1.807, 2.05) is 0 Å². The van der Waals surface area contributed by atoms with Crippen LogP contribution < -0.4 is 16.6 Å². The van der Waals surface area contributed by atoms with E-state index in [0.29, 0.717) is 21.7 Å². The quantitative estimate of drug-likeness (QED) is 0.423. The molecule has 1 saturated carbocycles. The summed E-state index contributed by atoms with van der Waals surface area (Å²) in [7, 11) is 0. The summed E-state index contributed by atoms with van der Waals surface area (Å²) in [5.41, 5.74) is 2.44. The maximum atomic E-state index is 6.03. The van der Waals surface area contributed by atoms with Gasteiger partial charge in [0.2, 0.25) is 0 Å². The lowest BCUT2D eigenvalue weighted by Crippen LogP contribution is -2.11. The Morgan fingerprint density at radius 2 is 2.00 bits per heavy atom. The number of rotatable bonds is 6. The van der Waals surface area contributed by atoms with Crippen molar-refractivity contribution >= 4 is 34.8 Å². The van der Waals surface area contributed by atoms with Crippen molar-refractivity contribution < 1.29 is 0 Å². The maximum absolute atomic E-state index is 6.03. The van der Waals surface area contributed by atoms with Gasteiger partial charge >= 0.3 is 0 Å². The summed E-state index contributed by atoms with van der Waals surface area (Å²) >= 11 is 11.9. The number of nitrogens with two attached hydrogens (primary N) is 1. The van der Waals surface area contributed by atoms with E-state index in [9.17, 15) is 0 Å². The van der Waals surface area contributed by atoms with Gasteiger partial charge in [-0.25, -0.2) is 10.8 Å². The molecule has 0 aromatic carbocycles. The van der Waals surface area contributed by atoms with E-state index in [-0.39, 0.29) is 0 Å². The third-order valence-electron chi connectivity index (χ3n) is 2.84. The van der Waals surface area contributed by atoms with Crippen LogP contribution in [0.1, 0.15) is 25.7 Å². The minimum Gasteiger partial charge on any atom is -0.369 e. The first-order chi connectivity index (χ1) is 8.20. The highest BCUT2D eigenvalue weighted by molar-refractivity contribution is 6.37. The van der Waals surface area contributed by atoms with Crippen LogP contribution in [0.5, 0.6) is 0 Å². The normalized spacial score (nSPS) is 14.8. The van der Waals surface area contributed by atoms with E-state index in [2.05, 4.69) is 15.7 Å². The van der Waals surface area contributed by atoms with Crippen molar-refractivity contribution in [2.75, 3.05) is 17.3 Å². The van der Waals surface area contributed by atoms with Gasteiger partial charge in [-0.1, -0.05) is 36.0 Å². The Labute approximate surface area is 111 Å². The molecule has 1 fully saturated rings. The molecule has 4 N–H and O–H groups in total. The molecule has 0 bridgehead atoms. The van der Waals surface area contributed by atoms with Crippen molar-refractivity contribution in [3.8, 4) is 0 Å². The highest BCUT2D eigenvalue weighted by Crippen LogP contribution is 2.33. The summed E-state index contributed by atoms with van der Waals surface area (Å²) in [4.78, 5) is 4.21. The number of anilines is 2. The zero-order chi connectivity index (χ0) is 12.3. The van der Waals surface area contributed by atoms with Crippen molar-refractivity contribution in [3.05, 3.63) is 16.1 Å². The molecule has 1 aromatic heterocycles. The van der Waals surface area contributed by atoms with Crippen LogP contribution in [-0.4, -0.2) is 11.5 Å². The molecule has 4 nitrogen and oxygen atoms in total. The predicted molar refractivity (Wildman–Crippen MR) is 72.5 cm³/mol. The van der Waals surface area contributed by atoms with Crippen LogP contribution in [0.3, 0.4) is 0 Å². The summed E-state index contributed by atoms with van der Waals surface area (Å²) in [5.74, 6) is 7.31. The van der Waals surface area contributed by atoms with Crippen LogP contribution in [0.2, 0.25) is 10.0 Å². The maximum Gasteiger partial charge on any atom is 0.161 e. The summed E-state index contributed by atoms with van der Waals surface area (Å²) in [6, 6.07) is 1.63. The molecule has 0 amide bonds. The number of hydrogen-bond donors (Lipinski definition) is 3. The molecule has 17 heavy (non-hydrogen) atoms. The Balaban J connectivity index is 1.89. The van der Waals surface area contributed by atoms with Crippen LogP contribution in [0.15, 0.2) is 6.07 Å². The van der Waals surface area contributed by atoms with E-state index in [4.69, 9.17) is 29.0 Å². The van der Waals surface area contributed by atoms with Crippen molar-refractivity contribution in [2.45, 2.75) is 25.7 Å². The van der Waals surface area contributed by atoms with Gasteiger partial charge in [0.25, 0.3) is 0 Å². The second-order valence-electron chi connectivity index (χ2n) is 4.31. The number of hydrazine groups is 1. The molecule has 0 radical (unpaired) electrons. The molecule has 1 aliphatic rings. The molecule has 6 heteroatoms. The highest BCUT2D eigenvalue weighted by atomic mass is 35.5. The SMILES string of the molecule is NNc1nc(NCCCC2CC2)c(Cl)cc1Cl. The minimum absolute atomic E-state index is 0.418. The third-order valence-corrected chi connectivity index (χ3v) is 3.42. The topological polar surface area (TPSA) is 63.0 Å². The van der Waals surface area contributed by atoms with E-state index in [1.165, 1.54) is 19.3 Å². The molecule has 0 atom stereocenters. The summed E-state index contributed by atoms with van der Waals surface area (Å²) in [6.45, 7) is 0.870. The second kappa shape index (κ2) is 5.76. The average molecular weight is 275 g/mol. The van der Waals surface area contributed by atoms with Gasteiger partial charge < -0.3 is 10.7 Å². The van der Waals surface area contributed by atoms with E-state index >= 15 is 0 Å². The number of aromatic nitrogens is 1. The van der Waals surface area contributed by atoms with Gasteiger partial charge in [-0.2, -0.15) is 0 Å². The molecule has 2 rings (SSSR count). The van der Waals surface area contributed by atoms with E-state index in [1.54, 1.807) is 6.07 Å². The van der Waals surface area contributed by atoms with Crippen molar-refractivity contribution in [1.29, 1.82) is 0 Å². The van der Waals surface area contributed by atoms with Gasteiger partial charge in [-0.05, 0) is 24.8 Å². The van der Waals surface area contributed by atoms with E-state index < -0.39 is 0 Å². The van der Waals surface area contributed by atoms with Gasteiger partial charge in [0.15, 0.2) is 5.82 Å². The van der Waals surface area contributed by atoms with Gasteiger partial charge in [-0.3, -0.25) is 0 Å². The van der Waals surface area contributed by atoms with Crippen LogP contribution in [0, 0.1) is 5.92 Å². The minimum atomic E-state index is 0.418. The first-order valence-corrected chi connectivity index (χ1v) is 6.53. The molecule has 1 heterocycles. The molecule has 0 unspecified atom stereocenters. The zero-order valence-electron chi connectivity index (χ0n) is 9.47. The molecular weight excluding hydrogens is 259 g/mol. The fourth-order valence-electron chi connectivity index (χ4n) is 1.70. The lowest BCUT2D eigenvalue weighted by atomic mass is 10.2. The summed E-state index contributed by atoms with van der Waals surface area (Å²) in [5, 5.41) is 4.13. The van der Waals surface area contributed by atoms with Crippen LogP contribution >= 0.6 is 23.2 Å². The van der Waals surface area contributed by atoms with Crippen molar-refractivity contribution in [3.63, 3.8) is 0 Å². The summed E-state index contributed by atoms with van der Waals surface area (Å²) in [6.07, 6.45) is 5.19. The smallest absolute Gasteiger partial charge is 0.161 e. The molecule has 0 aliphatic heterocycles. The number of hydrogen-bond acceptors (Lipinski definition) is 4. The Kier molecular flexibility index (Phi) is 4.31. The van der Waals surface area contributed by atoms with Crippen LogP contribution in [0.4, 0.5) is 11.6 Å². The number of nitrogens with zero attached hydrogens (tertiary/aromatic N) is 1. The van der Waals surface area contributed by atoms with Gasteiger partial charge in [0.1, 0.15) is 5.82 Å². The molecule has 1 aromatic rings. The number of nitrogens with one attached hydrogen (secondary N) is 2. The Morgan fingerprint density at radius 1 is 1.29 bits per heavy atom. The van der Waals surface area contributed by atoms with Crippen molar-refractivity contribution in [2.24, 2.45) is 11.8 Å². The highest BCUT2D eigenvalue weighted by Gasteiger charge is 2.20. The Morgan fingerprint density at radius 3 is 2.65 bits per heavy atom. The van der Waals surface area contributed by atoms with Gasteiger partial charge in [0.05, 0.1) is 10.0 Å². The zero-order valence-corrected chi connectivity index (χ0v) is 11.0. The standard InChI is InChI=1S/C11H16Cl2N4/c12-8-6-9(13)11(17-14)16-10(8)15-5-1-2-7-3-4-7/h6-7H,1-5,14H2,(H2,15,16,17). The average Bonchev–Trinajstić information content (AvgIpc) is 3.10. The number of nitrogen functional groups attached to an aromatic ring is 1. The first kappa shape index (κ1) is 12.7. The summed E-state index contributed by atoms with van der Waals surface area (Å²) < 4.78 is 0. The largest absolute Gasteiger partial charge is 0.369 e. The van der Waals surface area contributed by atoms with Crippen LogP contribution in [-0.2, 0) is 0 Å². The Hall–Kier alpha value is -0.710. The fourth-order valence-corrected chi connectivity index (χ4v) is 2.18. The monoisotopic (exact) mass is 274 g/mol. The number of halogens is 2. The molecular formula is C11H16Cl2N4. The van der Waals surface area contributed by atoms with Crippen molar-refractivity contribution in [1.82, 2.24) is 4.98 Å². The lowest BCUT2D eigenvalue weighted by Gasteiger charge is -2.10. The molecule has 1 aliphatic carbocycles. The molecule has 0 spiro atoms. The second-order valence-corrected chi connectivity index (χ2v) is 5.12. The van der Waals surface area contributed by atoms with E-state index in [0.717, 1.165) is 18.9 Å². The molecule has 94 valence electrons. The number of pyridine rings is 1. The van der Waals surface area contributed by atoms with Gasteiger partial charge in [0, 0.05) is 6.54 Å². The predicted octanol–water partition coefficient (Wildman–Crippen LogP) is 3.28. The lowest BCUT2D eigenvalue weighted by molar-refractivity contribution is 0.686. The Bertz CT molecular complexity index is 393. The third kappa shape index (κ3) is 3.63.